The van der Waals surface area contributed by atoms with Crippen molar-refractivity contribution in [1.82, 2.24) is 29.0 Å². The zero-order valence-corrected chi connectivity index (χ0v) is 19.3. The highest BCUT2D eigenvalue weighted by Gasteiger charge is 2.22. The van der Waals surface area contributed by atoms with Gasteiger partial charge in [-0.25, -0.2) is 19.6 Å². The zero-order chi connectivity index (χ0) is 24.2. The number of carbonyl (C=O) groups is 1. The van der Waals surface area contributed by atoms with Crippen LogP contribution in [0.4, 0.5) is 0 Å². The quantitative estimate of drug-likeness (QED) is 0.376. The molecule has 9 nitrogen and oxygen atoms in total. The minimum absolute atomic E-state index is 0.132. The van der Waals surface area contributed by atoms with Gasteiger partial charge in [0.15, 0.2) is 5.65 Å². The zero-order valence-electron chi connectivity index (χ0n) is 19.3. The molecule has 9 heteroatoms. The van der Waals surface area contributed by atoms with Gasteiger partial charge in [0, 0.05) is 19.8 Å². The van der Waals surface area contributed by atoms with E-state index in [2.05, 4.69) is 28.8 Å². The van der Waals surface area contributed by atoms with Crippen LogP contribution in [-0.2, 0) is 13.6 Å². The SMILES string of the molecule is C=Cc1ccc(-n2c(=O)n([C@@H](CCC)CNCc3ncc(C(=O)O)n3C)c3ncccc32)cc1. The second-order valence-electron chi connectivity index (χ2n) is 8.13. The number of aromatic nitrogens is 5. The van der Waals surface area contributed by atoms with Crippen molar-refractivity contribution < 1.29 is 9.90 Å². The van der Waals surface area contributed by atoms with Crippen molar-refractivity contribution in [3.63, 3.8) is 0 Å². The lowest BCUT2D eigenvalue weighted by Gasteiger charge is -2.18. The molecule has 0 aliphatic rings. The number of fused-ring (bicyclic) bond motifs is 1. The molecule has 1 aromatic carbocycles. The number of pyridine rings is 1. The fourth-order valence-electron chi connectivity index (χ4n) is 4.21. The van der Waals surface area contributed by atoms with Gasteiger partial charge in [0.05, 0.1) is 30.0 Å². The third-order valence-corrected chi connectivity index (χ3v) is 5.97. The summed E-state index contributed by atoms with van der Waals surface area (Å²) in [7, 11) is 1.68. The fourth-order valence-corrected chi connectivity index (χ4v) is 4.21. The maximum Gasteiger partial charge on any atom is 0.354 e. The van der Waals surface area contributed by atoms with Crippen LogP contribution in [0.5, 0.6) is 0 Å². The van der Waals surface area contributed by atoms with Crippen LogP contribution < -0.4 is 11.0 Å². The van der Waals surface area contributed by atoms with Crippen LogP contribution in [0.25, 0.3) is 22.9 Å². The molecule has 0 fully saturated rings. The Morgan fingerprint density at radius 2 is 2.00 bits per heavy atom. The van der Waals surface area contributed by atoms with Crippen LogP contribution in [0.1, 0.15) is 47.7 Å². The van der Waals surface area contributed by atoms with Crippen LogP contribution in [-0.4, -0.2) is 41.3 Å². The predicted molar refractivity (Wildman–Crippen MR) is 131 cm³/mol. The van der Waals surface area contributed by atoms with Crippen LogP contribution in [0, 0.1) is 0 Å². The highest BCUT2D eigenvalue weighted by Crippen LogP contribution is 2.22. The second kappa shape index (κ2) is 9.88. The maximum absolute atomic E-state index is 13.7. The molecule has 0 aliphatic heterocycles. The molecule has 34 heavy (non-hydrogen) atoms. The molecule has 0 spiro atoms. The lowest BCUT2D eigenvalue weighted by molar-refractivity contribution is 0.0686. The molecule has 176 valence electrons. The number of carboxylic acid groups (broad SMARTS) is 1. The van der Waals surface area contributed by atoms with Crippen LogP contribution in [0.3, 0.4) is 0 Å². The van der Waals surface area contributed by atoms with Crippen molar-refractivity contribution in [2.75, 3.05) is 6.54 Å². The van der Waals surface area contributed by atoms with Crippen LogP contribution >= 0.6 is 0 Å². The normalized spacial score (nSPS) is 12.2. The monoisotopic (exact) mass is 460 g/mol. The Hall–Kier alpha value is -3.98. The highest BCUT2D eigenvalue weighted by atomic mass is 16.4. The summed E-state index contributed by atoms with van der Waals surface area (Å²) < 4.78 is 5.00. The summed E-state index contributed by atoms with van der Waals surface area (Å²) in [6.45, 7) is 6.76. The predicted octanol–water partition coefficient (Wildman–Crippen LogP) is 3.39. The molecule has 4 rings (SSSR count). The topological polar surface area (TPSA) is 107 Å². The van der Waals surface area contributed by atoms with Gasteiger partial charge in [0.2, 0.25) is 0 Å². The molecule has 1 atom stereocenters. The Kier molecular flexibility index (Phi) is 6.74. The third-order valence-electron chi connectivity index (χ3n) is 5.97. The summed E-state index contributed by atoms with van der Waals surface area (Å²) in [5, 5.41) is 12.6. The second-order valence-corrected chi connectivity index (χ2v) is 8.13. The van der Waals surface area contributed by atoms with Crippen molar-refractivity contribution >= 4 is 23.2 Å². The van der Waals surface area contributed by atoms with Gasteiger partial charge in [-0.1, -0.05) is 38.1 Å². The van der Waals surface area contributed by atoms with E-state index in [1.54, 1.807) is 33.0 Å². The van der Waals surface area contributed by atoms with E-state index in [-0.39, 0.29) is 17.4 Å². The number of carboxylic acids is 1. The van der Waals surface area contributed by atoms with E-state index in [1.807, 2.05) is 36.4 Å². The third kappa shape index (κ3) is 4.29. The van der Waals surface area contributed by atoms with E-state index >= 15 is 0 Å². The summed E-state index contributed by atoms with van der Waals surface area (Å²) >= 11 is 0. The van der Waals surface area contributed by atoms with Crippen LogP contribution in [0.15, 0.2) is 60.2 Å². The Bertz CT molecular complexity index is 1380. The summed E-state index contributed by atoms with van der Waals surface area (Å²) in [4.78, 5) is 33.7. The molecule has 0 bridgehead atoms. The van der Waals surface area contributed by atoms with Crippen LogP contribution in [0.2, 0.25) is 0 Å². The smallest absolute Gasteiger partial charge is 0.354 e. The fraction of sp³-hybridized carbons (Fsp3) is 0.280. The molecule has 0 unspecified atom stereocenters. The van der Waals surface area contributed by atoms with Gasteiger partial charge in [0.1, 0.15) is 11.5 Å². The van der Waals surface area contributed by atoms with Gasteiger partial charge in [0.25, 0.3) is 0 Å². The van der Waals surface area contributed by atoms with E-state index in [0.717, 1.165) is 29.6 Å². The molecule has 3 aromatic heterocycles. The minimum Gasteiger partial charge on any atom is -0.477 e. The molecule has 2 N–H and O–H groups in total. The molecule has 4 aromatic rings. The molecule has 0 saturated carbocycles. The number of hydrogen-bond acceptors (Lipinski definition) is 5. The maximum atomic E-state index is 13.7. The van der Waals surface area contributed by atoms with Gasteiger partial charge in [-0.15, -0.1) is 0 Å². The molecule has 0 aliphatic carbocycles. The molecule has 0 amide bonds. The summed E-state index contributed by atoms with van der Waals surface area (Å²) in [5.41, 5.74) is 3.11. The van der Waals surface area contributed by atoms with E-state index in [4.69, 9.17) is 0 Å². The number of rotatable bonds is 10. The van der Waals surface area contributed by atoms with Crippen molar-refractivity contribution in [2.24, 2.45) is 7.05 Å². The first-order chi connectivity index (χ1) is 16.5. The number of imidazole rings is 2. The van der Waals surface area contributed by atoms with Crippen molar-refractivity contribution in [1.29, 1.82) is 0 Å². The Balaban J connectivity index is 1.67. The molecule has 0 saturated heterocycles. The van der Waals surface area contributed by atoms with Gasteiger partial charge >= 0.3 is 11.7 Å². The lowest BCUT2D eigenvalue weighted by atomic mass is 10.1. The number of nitrogens with zero attached hydrogens (tertiary/aromatic N) is 5. The average molecular weight is 461 g/mol. The average Bonchev–Trinajstić information content (AvgIpc) is 3.35. The van der Waals surface area contributed by atoms with E-state index in [0.29, 0.717) is 24.6 Å². The standard InChI is InChI=1S/C25H28N6O3/c1-4-7-19(14-26-16-22-28-15-21(24(32)33)29(22)3)31-23-20(8-6-13-27-23)30(25(31)34)18-11-9-17(5-2)10-12-18/h5-6,8-13,15,19,26H,2,4,7,14,16H2,1,3H3,(H,32,33)/t19-/m0/s1. The van der Waals surface area contributed by atoms with E-state index in [9.17, 15) is 14.7 Å². The molecule has 3 heterocycles. The summed E-state index contributed by atoms with van der Waals surface area (Å²) in [6.07, 6.45) is 6.47. The number of nitrogens with one attached hydrogen (secondary N) is 1. The first-order valence-electron chi connectivity index (χ1n) is 11.2. The largest absolute Gasteiger partial charge is 0.477 e. The minimum atomic E-state index is -1.02. The number of benzene rings is 1. The van der Waals surface area contributed by atoms with Crippen molar-refractivity contribution in [3.05, 3.63) is 82.9 Å². The van der Waals surface area contributed by atoms with Gasteiger partial charge in [-0.2, -0.15) is 0 Å². The Morgan fingerprint density at radius 3 is 2.65 bits per heavy atom. The summed E-state index contributed by atoms with van der Waals surface area (Å²) in [6, 6.07) is 11.3. The van der Waals surface area contributed by atoms with Gasteiger partial charge in [-0.3, -0.25) is 9.13 Å². The molecular formula is C25H28N6O3. The van der Waals surface area contributed by atoms with Crippen molar-refractivity contribution in [3.8, 4) is 5.69 Å². The van der Waals surface area contributed by atoms with Gasteiger partial charge < -0.3 is 15.0 Å². The first-order valence-corrected chi connectivity index (χ1v) is 11.2. The summed E-state index contributed by atoms with van der Waals surface area (Å²) in [5.74, 6) is -0.403. The van der Waals surface area contributed by atoms with E-state index in [1.165, 1.54) is 6.20 Å². The molecular weight excluding hydrogens is 432 g/mol. The van der Waals surface area contributed by atoms with Crippen molar-refractivity contribution in [2.45, 2.75) is 32.4 Å². The Morgan fingerprint density at radius 1 is 1.24 bits per heavy atom. The van der Waals surface area contributed by atoms with Gasteiger partial charge in [-0.05, 0) is 36.2 Å². The molecule has 0 radical (unpaired) electrons. The number of hydrogen-bond donors (Lipinski definition) is 2. The lowest BCUT2D eigenvalue weighted by Crippen LogP contribution is -2.33. The first kappa shape index (κ1) is 23.2. The highest BCUT2D eigenvalue weighted by molar-refractivity contribution is 5.85. The van der Waals surface area contributed by atoms with E-state index < -0.39 is 5.97 Å². The Labute approximate surface area is 197 Å². The number of aromatic carboxylic acids is 1.